The molecule has 0 saturated heterocycles. The molecule has 1 nitrogen and oxygen atoms in total. The molecule has 6 heteroatoms. The normalized spacial score (nSPS) is 11.6. The molecule has 0 saturated carbocycles. The van der Waals surface area contributed by atoms with Gasteiger partial charge < -0.3 is 4.90 Å². The second-order valence-corrected chi connectivity index (χ2v) is 4.56. The van der Waals surface area contributed by atoms with Crippen LogP contribution in [0.1, 0.15) is 5.56 Å². The Balaban J connectivity index is 2.97. The van der Waals surface area contributed by atoms with Gasteiger partial charge in [-0.3, -0.25) is 0 Å². The van der Waals surface area contributed by atoms with Gasteiger partial charge in [0.1, 0.15) is 6.54 Å². The number of halogens is 5. The Morgan fingerprint density at radius 2 is 2.00 bits per heavy atom. The summed E-state index contributed by atoms with van der Waals surface area (Å²) in [6.45, 7) is -0.993. The smallest absolute Gasteiger partial charge is 0.365 e. The van der Waals surface area contributed by atoms with Crippen molar-refractivity contribution in [2.24, 2.45) is 0 Å². The van der Waals surface area contributed by atoms with E-state index in [0.29, 0.717) is 11.3 Å². The zero-order chi connectivity index (χ0) is 12.3. The molecular formula is C10H10BrClF3N. The average Bonchev–Trinajstić information content (AvgIpc) is 2.15. The quantitative estimate of drug-likeness (QED) is 0.756. The van der Waals surface area contributed by atoms with Crippen molar-refractivity contribution in [2.75, 3.05) is 18.5 Å². The topological polar surface area (TPSA) is 3.24 Å². The van der Waals surface area contributed by atoms with Crippen LogP contribution in [-0.4, -0.2) is 19.8 Å². The summed E-state index contributed by atoms with van der Waals surface area (Å²) in [7, 11) is 1.39. The summed E-state index contributed by atoms with van der Waals surface area (Å²) in [4.78, 5) is 1.14. The van der Waals surface area contributed by atoms with Crippen molar-refractivity contribution in [3.05, 3.63) is 28.2 Å². The highest BCUT2D eigenvalue weighted by Crippen LogP contribution is 2.28. The largest absolute Gasteiger partial charge is 0.405 e. The van der Waals surface area contributed by atoms with E-state index in [9.17, 15) is 13.2 Å². The number of hydrogen-bond donors (Lipinski definition) is 0. The summed E-state index contributed by atoms with van der Waals surface area (Å²) in [6, 6.07) is 5.09. The van der Waals surface area contributed by atoms with Crippen LogP contribution in [0.3, 0.4) is 0 Å². The van der Waals surface area contributed by atoms with Crippen LogP contribution >= 0.6 is 27.5 Å². The summed E-state index contributed by atoms with van der Waals surface area (Å²) >= 11 is 8.90. The zero-order valence-electron chi connectivity index (χ0n) is 8.48. The fraction of sp³-hybridized carbons (Fsp3) is 0.400. The molecule has 0 unspecified atom stereocenters. The Morgan fingerprint density at radius 1 is 1.38 bits per heavy atom. The molecule has 1 rings (SSSR count). The van der Waals surface area contributed by atoms with Crippen molar-refractivity contribution < 1.29 is 13.2 Å². The molecule has 0 heterocycles. The predicted octanol–water partition coefficient (Wildman–Crippen LogP) is 4.19. The zero-order valence-corrected chi connectivity index (χ0v) is 10.8. The lowest BCUT2D eigenvalue weighted by atomic mass is 10.2. The van der Waals surface area contributed by atoms with Crippen LogP contribution in [0.15, 0.2) is 22.7 Å². The van der Waals surface area contributed by atoms with Crippen LogP contribution in [0.2, 0.25) is 0 Å². The first kappa shape index (κ1) is 13.6. The van der Waals surface area contributed by atoms with Gasteiger partial charge in [-0.1, -0.05) is 22.0 Å². The Bertz CT molecular complexity index is 368. The minimum atomic E-state index is -4.22. The molecule has 0 aromatic heterocycles. The lowest BCUT2D eigenvalue weighted by Gasteiger charge is -2.23. The Hall–Kier alpha value is -0.420. The van der Waals surface area contributed by atoms with E-state index in [1.54, 1.807) is 18.2 Å². The first-order valence-electron chi connectivity index (χ1n) is 4.46. The molecule has 0 atom stereocenters. The van der Waals surface area contributed by atoms with Crippen LogP contribution in [0.25, 0.3) is 0 Å². The highest BCUT2D eigenvalue weighted by Gasteiger charge is 2.30. The molecule has 0 radical (unpaired) electrons. The van der Waals surface area contributed by atoms with Gasteiger partial charge in [-0.2, -0.15) is 13.2 Å². The molecule has 16 heavy (non-hydrogen) atoms. The van der Waals surface area contributed by atoms with Gasteiger partial charge in [-0.15, -0.1) is 11.6 Å². The van der Waals surface area contributed by atoms with Crippen molar-refractivity contribution in [2.45, 2.75) is 12.1 Å². The predicted molar refractivity (Wildman–Crippen MR) is 63.0 cm³/mol. The molecule has 0 amide bonds. The van der Waals surface area contributed by atoms with E-state index in [1.165, 1.54) is 7.05 Å². The van der Waals surface area contributed by atoms with Crippen LogP contribution < -0.4 is 4.90 Å². The van der Waals surface area contributed by atoms with Crippen LogP contribution in [0.4, 0.5) is 18.9 Å². The number of benzene rings is 1. The molecule has 0 aliphatic rings. The van der Waals surface area contributed by atoms with Crippen LogP contribution in [0, 0.1) is 0 Å². The van der Waals surface area contributed by atoms with E-state index in [2.05, 4.69) is 15.9 Å². The molecule has 0 spiro atoms. The lowest BCUT2D eigenvalue weighted by molar-refractivity contribution is -0.119. The molecule has 1 aromatic rings. The van der Waals surface area contributed by atoms with Crippen molar-refractivity contribution >= 4 is 33.2 Å². The summed E-state index contributed by atoms with van der Waals surface area (Å²) in [6.07, 6.45) is -4.22. The third-order valence-corrected chi connectivity index (χ3v) is 2.80. The molecule has 1 aromatic carbocycles. The number of nitrogens with zero attached hydrogens (tertiary/aromatic N) is 1. The van der Waals surface area contributed by atoms with E-state index < -0.39 is 12.7 Å². The molecular weight excluding hydrogens is 306 g/mol. The monoisotopic (exact) mass is 315 g/mol. The van der Waals surface area contributed by atoms with Gasteiger partial charge in [0, 0.05) is 23.1 Å². The van der Waals surface area contributed by atoms with Gasteiger partial charge in [-0.05, 0) is 17.7 Å². The van der Waals surface area contributed by atoms with Gasteiger partial charge in [-0.25, -0.2) is 0 Å². The first-order valence-corrected chi connectivity index (χ1v) is 5.78. The summed E-state index contributed by atoms with van der Waals surface area (Å²) in [5, 5.41) is 0. The minimum absolute atomic E-state index is 0.185. The van der Waals surface area contributed by atoms with Crippen molar-refractivity contribution in [1.82, 2.24) is 0 Å². The third-order valence-electron chi connectivity index (χ3n) is 2.02. The highest BCUT2D eigenvalue weighted by molar-refractivity contribution is 9.10. The SMILES string of the molecule is CN(CC(F)(F)F)c1cc(Br)ccc1CCl. The maximum atomic E-state index is 12.2. The van der Waals surface area contributed by atoms with Gasteiger partial charge in [0.25, 0.3) is 0 Å². The van der Waals surface area contributed by atoms with E-state index >= 15 is 0 Å². The standard InChI is InChI=1S/C10H10BrClF3N/c1-16(6-10(13,14)15)9-4-8(11)3-2-7(9)5-12/h2-4H,5-6H2,1H3. The molecule has 0 N–H and O–H groups in total. The second kappa shape index (κ2) is 5.27. The van der Waals surface area contributed by atoms with Gasteiger partial charge in [0.15, 0.2) is 0 Å². The van der Waals surface area contributed by atoms with E-state index in [1.807, 2.05) is 0 Å². The first-order chi connectivity index (χ1) is 7.33. The Morgan fingerprint density at radius 3 is 2.50 bits per heavy atom. The highest BCUT2D eigenvalue weighted by atomic mass is 79.9. The summed E-state index contributed by atoms with van der Waals surface area (Å²) in [5.41, 5.74) is 1.17. The van der Waals surface area contributed by atoms with E-state index in [0.717, 1.165) is 9.37 Å². The second-order valence-electron chi connectivity index (χ2n) is 3.38. The number of hydrogen-bond acceptors (Lipinski definition) is 1. The van der Waals surface area contributed by atoms with Crippen LogP contribution in [-0.2, 0) is 5.88 Å². The summed E-state index contributed by atoms with van der Waals surface area (Å²) in [5.74, 6) is 0.185. The Labute approximate surface area is 105 Å². The van der Waals surface area contributed by atoms with Crippen LogP contribution in [0.5, 0.6) is 0 Å². The fourth-order valence-electron chi connectivity index (χ4n) is 1.36. The molecule has 0 aliphatic heterocycles. The minimum Gasteiger partial charge on any atom is -0.365 e. The third kappa shape index (κ3) is 3.87. The van der Waals surface area contributed by atoms with Crippen molar-refractivity contribution in [1.29, 1.82) is 0 Å². The summed E-state index contributed by atoms with van der Waals surface area (Å²) < 4.78 is 37.5. The lowest BCUT2D eigenvalue weighted by Crippen LogP contribution is -2.31. The maximum Gasteiger partial charge on any atom is 0.405 e. The van der Waals surface area contributed by atoms with Gasteiger partial charge in [0.2, 0.25) is 0 Å². The maximum absolute atomic E-state index is 12.2. The Kier molecular flexibility index (Phi) is 4.50. The average molecular weight is 317 g/mol. The van der Waals surface area contributed by atoms with E-state index in [-0.39, 0.29) is 5.88 Å². The number of rotatable bonds is 3. The molecule has 90 valence electrons. The molecule has 0 aliphatic carbocycles. The van der Waals surface area contributed by atoms with E-state index in [4.69, 9.17) is 11.6 Å². The fourth-order valence-corrected chi connectivity index (χ4v) is 1.93. The molecule has 0 fully saturated rings. The molecule has 0 bridgehead atoms. The number of anilines is 1. The van der Waals surface area contributed by atoms with Crippen molar-refractivity contribution in [3.63, 3.8) is 0 Å². The van der Waals surface area contributed by atoms with Crippen molar-refractivity contribution in [3.8, 4) is 0 Å². The van der Waals surface area contributed by atoms with Gasteiger partial charge >= 0.3 is 6.18 Å². The number of alkyl halides is 4. The van der Waals surface area contributed by atoms with Gasteiger partial charge in [0.05, 0.1) is 0 Å².